The van der Waals surface area contributed by atoms with Crippen LogP contribution in [0.25, 0.3) is 76.5 Å². The van der Waals surface area contributed by atoms with E-state index < -0.39 is 0 Å². The van der Waals surface area contributed by atoms with Crippen molar-refractivity contribution in [3.63, 3.8) is 0 Å². The number of hydrogen-bond donors (Lipinski definition) is 0. The van der Waals surface area contributed by atoms with Gasteiger partial charge in [-0.3, -0.25) is 0 Å². The molecule has 2 aromatic heterocycles. The highest BCUT2D eigenvalue weighted by Crippen LogP contribution is 2.43. The summed E-state index contributed by atoms with van der Waals surface area (Å²) in [6.45, 7) is 0. The predicted molar refractivity (Wildman–Crippen MR) is 180 cm³/mol. The van der Waals surface area contributed by atoms with Crippen molar-refractivity contribution in [2.45, 2.75) is 0 Å². The molecule has 2 heterocycles. The SMILES string of the molecule is N#Cc1ccc(-n2c3ccccc3c3ccc4ccccc4c32)c(-n2c3ccccc3c3ccc4ccccc4c32)c1C#N. The third-order valence-corrected chi connectivity index (χ3v) is 8.97. The van der Waals surface area contributed by atoms with Gasteiger partial charge in [-0.05, 0) is 35.0 Å². The Hall–Kier alpha value is -6.36. The van der Waals surface area contributed by atoms with Crippen LogP contribution < -0.4 is 0 Å². The van der Waals surface area contributed by atoms with E-state index in [0.29, 0.717) is 16.8 Å². The molecule has 7 aromatic carbocycles. The van der Waals surface area contributed by atoms with Crippen LogP contribution in [0.2, 0.25) is 0 Å². The highest BCUT2D eigenvalue weighted by atomic mass is 15.1. The summed E-state index contributed by atoms with van der Waals surface area (Å²) in [6, 6.07) is 50.8. The molecule has 0 amide bonds. The van der Waals surface area contributed by atoms with E-state index in [1.165, 1.54) is 0 Å². The number of rotatable bonds is 2. The standard InChI is InChI=1S/C40H22N4/c41-23-27-19-22-37(43-35-15-7-5-13-30(35)32-20-17-25-9-1-3-11-28(25)38(32)43)40(34(27)24-42)44-36-16-8-6-14-31(36)33-21-18-26-10-2-4-12-29(26)39(33)44/h1-22H. The molecule has 0 aliphatic carbocycles. The molecule has 0 unspecified atom stereocenters. The lowest BCUT2D eigenvalue weighted by atomic mass is 10.0. The molecule has 0 aliphatic heterocycles. The van der Waals surface area contributed by atoms with E-state index in [-0.39, 0.29) is 0 Å². The molecule has 44 heavy (non-hydrogen) atoms. The van der Waals surface area contributed by atoms with Gasteiger partial charge in [-0.25, -0.2) is 0 Å². The Balaban J connectivity index is 1.57. The number of aromatic nitrogens is 2. The first-order chi connectivity index (χ1) is 21.8. The van der Waals surface area contributed by atoms with Crippen LogP contribution in [-0.2, 0) is 0 Å². The van der Waals surface area contributed by atoms with Gasteiger partial charge in [-0.1, -0.05) is 109 Å². The minimum atomic E-state index is 0.350. The summed E-state index contributed by atoms with van der Waals surface area (Å²) in [5.74, 6) is 0. The molecule has 0 N–H and O–H groups in total. The largest absolute Gasteiger partial charge is 0.306 e. The topological polar surface area (TPSA) is 57.4 Å². The maximum atomic E-state index is 10.8. The Morgan fingerprint density at radius 2 is 0.909 bits per heavy atom. The number of hydrogen-bond acceptors (Lipinski definition) is 2. The molecule has 0 radical (unpaired) electrons. The van der Waals surface area contributed by atoms with Crippen LogP contribution >= 0.6 is 0 Å². The molecule has 4 nitrogen and oxygen atoms in total. The van der Waals surface area contributed by atoms with Crippen LogP contribution in [0.1, 0.15) is 11.1 Å². The minimum Gasteiger partial charge on any atom is -0.306 e. The summed E-state index contributed by atoms with van der Waals surface area (Å²) in [7, 11) is 0. The second kappa shape index (κ2) is 9.07. The third-order valence-electron chi connectivity index (χ3n) is 8.97. The smallest absolute Gasteiger partial charge is 0.103 e. The first-order valence-corrected chi connectivity index (χ1v) is 14.6. The fourth-order valence-corrected chi connectivity index (χ4v) is 7.14. The van der Waals surface area contributed by atoms with Crippen molar-refractivity contribution in [2.24, 2.45) is 0 Å². The highest BCUT2D eigenvalue weighted by molar-refractivity contribution is 6.20. The van der Waals surface area contributed by atoms with E-state index >= 15 is 0 Å². The monoisotopic (exact) mass is 558 g/mol. The minimum absolute atomic E-state index is 0.350. The van der Waals surface area contributed by atoms with Gasteiger partial charge in [0.2, 0.25) is 0 Å². The third kappa shape index (κ3) is 3.14. The second-order valence-electron chi connectivity index (χ2n) is 11.2. The fourth-order valence-electron chi connectivity index (χ4n) is 7.14. The van der Waals surface area contributed by atoms with Gasteiger partial charge in [0.1, 0.15) is 12.1 Å². The maximum absolute atomic E-state index is 10.8. The van der Waals surface area contributed by atoms with Gasteiger partial charge in [-0.2, -0.15) is 10.5 Å². The summed E-state index contributed by atoms with van der Waals surface area (Å²) >= 11 is 0. The fraction of sp³-hybridized carbons (Fsp3) is 0. The Bertz CT molecular complexity index is 2740. The first-order valence-electron chi connectivity index (χ1n) is 14.6. The Morgan fingerprint density at radius 3 is 1.48 bits per heavy atom. The van der Waals surface area contributed by atoms with Crippen molar-refractivity contribution >= 4 is 65.2 Å². The molecule has 202 valence electrons. The van der Waals surface area contributed by atoms with Gasteiger partial charge in [0.15, 0.2) is 0 Å². The zero-order valence-corrected chi connectivity index (χ0v) is 23.5. The second-order valence-corrected chi connectivity index (χ2v) is 11.2. The predicted octanol–water partition coefficient (Wildman–Crippen LogP) is 9.93. The lowest BCUT2D eigenvalue weighted by Gasteiger charge is -2.19. The molecule has 4 heteroatoms. The Labute approximate surface area is 252 Å². The van der Waals surface area contributed by atoms with Gasteiger partial charge in [0.05, 0.1) is 44.6 Å². The Kier molecular flexibility index (Phi) is 5.00. The van der Waals surface area contributed by atoms with E-state index in [1.807, 2.05) is 18.2 Å². The summed E-state index contributed by atoms with van der Waals surface area (Å²) in [4.78, 5) is 0. The van der Waals surface area contributed by atoms with Crippen molar-refractivity contribution in [1.29, 1.82) is 10.5 Å². The zero-order valence-electron chi connectivity index (χ0n) is 23.5. The summed E-state index contributed by atoms with van der Waals surface area (Å²) < 4.78 is 4.50. The number of benzene rings is 7. The molecule has 0 bridgehead atoms. The number of nitrogens with zero attached hydrogens (tertiary/aromatic N) is 4. The lowest BCUT2D eigenvalue weighted by Crippen LogP contribution is -2.08. The molecule has 0 atom stereocenters. The molecule has 0 fully saturated rings. The first kappa shape index (κ1) is 24.3. The molecule has 0 aliphatic rings. The van der Waals surface area contributed by atoms with Crippen molar-refractivity contribution in [1.82, 2.24) is 9.13 Å². The van der Waals surface area contributed by atoms with Crippen LogP contribution in [0.4, 0.5) is 0 Å². The van der Waals surface area contributed by atoms with E-state index in [0.717, 1.165) is 70.8 Å². The van der Waals surface area contributed by atoms with Crippen LogP contribution in [0.5, 0.6) is 0 Å². The van der Waals surface area contributed by atoms with Gasteiger partial charge in [0.25, 0.3) is 0 Å². The van der Waals surface area contributed by atoms with Gasteiger partial charge < -0.3 is 9.13 Å². The number of fused-ring (bicyclic) bond motifs is 10. The lowest BCUT2D eigenvalue weighted by molar-refractivity contribution is 1.09. The molecule has 0 spiro atoms. The average molecular weight is 559 g/mol. The van der Waals surface area contributed by atoms with Crippen LogP contribution in [0, 0.1) is 22.7 Å². The van der Waals surface area contributed by atoms with Crippen LogP contribution in [0.3, 0.4) is 0 Å². The van der Waals surface area contributed by atoms with Crippen molar-refractivity contribution in [3.05, 3.63) is 145 Å². The molecule has 9 rings (SSSR count). The molecular weight excluding hydrogens is 536 g/mol. The summed E-state index contributed by atoms with van der Waals surface area (Å²) in [5.41, 5.74) is 6.36. The van der Waals surface area contributed by atoms with Crippen LogP contribution in [0.15, 0.2) is 133 Å². The van der Waals surface area contributed by atoms with Gasteiger partial charge in [0, 0.05) is 32.3 Å². The summed E-state index contributed by atoms with van der Waals surface area (Å²) in [6.07, 6.45) is 0. The summed E-state index contributed by atoms with van der Waals surface area (Å²) in [5, 5.41) is 30.0. The molecule has 0 saturated heterocycles. The maximum Gasteiger partial charge on any atom is 0.103 e. The molecule has 9 aromatic rings. The number of para-hydroxylation sites is 2. The van der Waals surface area contributed by atoms with E-state index in [1.54, 1.807) is 6.07 Å². The average Bonchev–Trinajstić information content (AvgIpc) is 3.61. The van der Waals surface area contributed by atoms with Crippen molar-refractivity contribution < 1.29 is 0 Å². The molecule has 0 saturated carbocycles. The normalized spacial score (nSPS) is 11.6. The van der Waals surface area contributed by atoms with Gasteiger partial charge in [-0.15, -0.1) is 0 Å². The zero-order chi connectivity index (χ0) is 29.4. The quantitative estimate of drug-likeness (QED) is 0.212. The van der Waals surface area contributed by atoms with E-state index in [4.69, 9.17) is 0 Å². The van der Waals surface area contributed by atoms with Crippen molar-refractivity contribution in [2.75, 3.05) is 0 Å². The van der Waals surface area contributed by atoms with E-state index in [9.17, 15) is 10.5 Å². The highest BCUT2D eigenvalue weighted by Gasteiger charge is 2.25. The van der Waals surface area contributed by atoms with E-state index in [2.05, 4.69) is 130 Å². The number of nitriles is 2. The Morgan fingerprint density at radius 1 is 0.409 bits per heavy atom. The van der Waals surface area contributed by atoms with Crippen molar-refractivity contribution in [3.8, 4) is 23.5 Å². The van der Waals surface area contributed by atoms with Crippen LogP contribution in [-0.4, -0.2) is 9.13 Å². The molecular formula is C40H22N4. The van der Waals surface area contributed by atoms with Gasteiger partial charge >= 0.3 is 0 Å².